The molecule has 7 nitrogen and oxygen atoms in total. The molecule has 4 rings (SSSR count). The fourth-order valence-electron chi connectivity index (χ4n) is 3.65. The van der Waals surface area contributed by atoms with Gasteiger partial charge in [-0.05, 0) is 37.8 Å². The van der Waals surface area contributed by atoms with Gasteiger partial charge in [0.15, 0.2) is 0 Å². The van der Waals surface area contributed by atoms with Crippen molar-refractivity contribution < 1.29 is 22.7 Å². The summed E-state index contributed by atoms with van der Waals surface area (Å²) in [6.45, 7) is 0.139. The van der Waals surface area contributed by atoms with E-state index in [0.717, 1.165) is 49.1 Å². The summed E-state index contributed by atoms with van der Waals surface area (Å²) < 4.78 is 43.9. The van der Waals surface area contributed by atoms with Crippen LogP contribution in [0.15, 0.2) is 41.5 Å². The Kier molecular flexibility index (Phi) is 5.23. The van der Waals surface area contributed by atoms with E-state index < -0.39 is 18.0 Å². The maximum atomic E-state index is 12.9. The number of ether oxygens (including phenoxy) is 1. The summed E-state index contributed by atoms with van der Waals surface area (Å²) in [6, 6.07) is 5.03. The number of carbonyl (C=O) groups is 1. The average molecular weight is 420 g/mol. The third kappa shape index (κ3) is 4.32. The van der Waals surface area contributed by atoms with Gasteiger partial charge in [0.05, 0.1) is 5.69 Å². The number of nitrogens with one attached hydrogen (secondary N) is 1. The molecule has 0 bridgehead atoms. The molecule has 1 N–H and O–H groups in total. The first-order chi connectivity index (χ1) is 14.3. The van der Waals surface area contributed by atoms with Gasteiger partial charge in [-0.15, -0.1) is 13.2 Å². The molecule has 1 aromatic carbocycles. The Morgan fingerprint density at radius 1 is 1.20 bits per heavy atom. The van der Waals surface area contributed by atoms with Crippen LogP contribution in [0.25, 0.3) is 5.52 Å². The first-order valence-electron chi connectivity index (χ1n) is 9.55. The van der Waals surface area contributed by atoms with Gasteiger partial charge in [-0.3, -0.25) is 9.59 Å². The fourth-order valence-corrected chi connectivity index (χ4v) is 3.65. The molecule has 158 valence electrons. The molecule has 1 amide bonds. The van der Waals surface area contributed by atoms with E-state index in [0.29, 0.717) is 5.52 Å². The first-order valence-corrected chi connectivity index (χ1v) is 9.55. The third-order valence-electron chi connectivity index (χ3n) is 4.96. The lowest BCUT2D eigenvalue weighted by atomic mass is 9.97. The summed E-state index contributed by atoms with van der Waals surface area (Å²) in [6.07, 6.45) is 2.20. The normalized spacial score (nSPS) is 13.8. The molecule has 0 unspecified atom stereocenters. The molecule has 0 atom stereocenters. The summed E-state index contributed by atoms with van der Waals surface area (Å²) in [5.41, 5.74) is 2.45. The topological polar surface area (TPSA) is 77.6 Å². The molecule has 0 saturated heterocycles. The number of nitrogens with zero attached hydrogens (tertiary/aromatic N) is 3. The molecule has 0 spiro atoms. The molecule has 1 aliphatic carbocycles. The minimum absolute atomic E-state index is 0.0171. The highest BCUT2D eigenvalue weighted by molar-refractivity contribution is 5.90. The third-order valence-corrected chi connectivity index (χ3v) is 4.96. The minimum atomic E-state index is -4.81. The van der Waals surface area contributed by atoms with Crippen molar-refractivity contribution in [1.29, 1.82) is 0 Å². The highest BCUT2D eigenvalue weighted by Crippen LogP contribution is 2.25. The Bertz CT molecular complexity index is 1150. The lowest BCUT2D eigenvalue weighted by molar-refractivity contribution is -0.274. The van der Waals surface area contributed by atoms with Gasteiger partial charge in [-0.1, -0.05) is 6.07 Å². The van der Waals surface area contributed by atoms with Gasteiger partial charge in [0.25, 0.3) is 5.56 Å². The molecule has 0 saturated carbocycles. The molecule has 0 fully saturated rings. The molecule has 0 radical (unpaired) electrons. The number of benzene rings is 1. The quantitative estimate of drug-likeness (QED) is 0.687. The number of carbonyl (C=O) groups excluding carboxylic acids is 1. The summed E-state index contributed by atoms with van der Waals surface area (Å²) in [5.74, 6) is -0.853. The van der Waals surface area contributed by atoms with E-state index in [1.54, 1.807) is 16.9 Å². The largest absolute Gasteiger partial charge is 0.573 e. The van der Waals surface area contributed by atoms with Crippen LogP contribution in [0, 0.1) is 0 Å². The van der Waals surface area contributed by atoms with E-state index in [4.69, 9.17) is 0 Å². The van der Waals surface area contributed by atoms with Crippen molar-refractivity contribution in [3.8, 4) is 5.75 Å². The van der Waals surface area contributed by atoms with E-state index in [1.807, 2.05) is 0 Å². The number of alkyl halides is 3. The standard InChI is InChI=1S/C20H19F3N4O3/c21-20(22,23)30-14-5-3-4-13(12-14)24-17(28)8-9-26-10-11-27-18(19(26)29)15-6-1-2-7-16(15)25-27/h3-5,10-12H,1-2,6-9H2,(H,24,28). The number of fused-ring (bicyclic) bond motifs is 3. The number of aryl methyl sites for hydroxylation is 3. The molecule has 10 heteroatoms. The van der Waals surface area contributed by atoms with Crippen LogP contribution in [0.5, 0.6) is 5.75 Å². The summed E-state index contributed by atoms with van der Waals surface area (Å²) in [5, 5.41) is 6.99. The van der Waals surface area contributed by atoms with Crippen molar-refractivity contribution in [3.05, 3.63) is 58.3 Å². The molecule has 30 heavy (non-hydrogen) atoms. The van der Waals surface area contributed by atoms with Gasteiger partial charge in [0.2, 0.25) is 5.91 Å². The van der Waals surface area contributed by atoms with Gasteiger partial charge in [-0.25, -0.2) is 4.52 Å². The summed E-state index contributed by atoms with van der Waals surface area (Å²) in [7, 11) is 0. The Labute approximate surface area is 169 Å². The number of hydrogen-bond donors (Lipinski definition) is 1. The van der Waals surface area contributed by atoms with Crippen LogP contribution in [0.4, 0.5) is 18.9 Å². The molecule has 2 heterocycles. The van der Waals surface area contributed by atoms with Crippen molar-refractivity contribution in [3.63, 3.8) is 0 Å². The number of halogens is 3. The number of anilines is 1. The number of rotatable bonds is 5. The maximum absolute atomic E-state index is 12.9. The van der Waals surface area contributed by atoms with Crippen LogP contribution in [0.1, 0.15) is 30.5 Å². The van der Waals surface area contributed by atoms with Crippen molar-refractivity contribution in [2.45, 2.75) is 45.0 Å². The van der Waals surface area contributed by atoms with Crippen LogP contribution in [-0.4, -0.2) is 26.5 Å². The first kappa shape index (κ1) is 20.0. The monoisotopic (exact) mass is 420 g/mol. The van der Waals surface area contributed by atoms with Crippen molar-refractivity contribution in [2.24, 2.45) is 0 Å². The van der Waals surface area contributed by atoms with E-state index in [1.165, 1.54) is 16.7 Å². The second-order valence-electron chi connectivity index (χ2n) is 7.10. The van der Waals surface area contributed by atoms with Crippen molar-refractivity contribution in [2.75, 3.05) is 5.32 Å². The number of hydrogen-bond acceptors (Lipinski definition) is 4. The van der Waals surface area contributed by atoms with E-state index in [9.17, 15) is 22.8 Å². The highest BCUT2D eigenvalue weighted by atomic mass is 19.4. The zero-order chi connectivity index (χ0) is 21.3. The van der Waals surface area contributed by atoms with Gasteiger partial charge in [0.1, 0.15) is 11.3 Å². The molecule has 2 aromatic heterocycles. The van der Waals surface area contributed by atoms with E-state index in [2.05, 4.69) is 15.2 Å². The summed E-state index contributed by atoms with van der Waals surface area (Å²) >= 11 is 0. The maximum Gasteiger partial charge on any atom is 0.573 e. The Morgan fingerprint density at radius 2 is 2.00 bits per heavy atom. The second kappa shape index (κ2) is 7.85. The zero-order valence-electron chi connectivity index (χ0n) is 15.9. The molecular formula is C20H19F3N4O3. The number of amides is 1. The van der Waals surface area contributed by atoms with Crippen LogP contribution in [0.3, 0.4) is 0 Å². The van der Waals surface area contributed by atoms with Gasteiger partial charge < -0.3 is 14.6 Å². The van der Waals surface area contributed by atoms with Crippen LogP contribution in [0.2, 0.25) is 0 Å². The molecular weight excluding hydrogens is 401 g/mol. The van der Waals surface area contributed by atoms with Gasteiger partial charge >= 0.3 is 6.36 Å². The minimum Gasteiger partial charge on any atom is -0.406 e. The van der Waals surface area contributed by atoms with Crippen LogP contribution in [-0.2, 0) is 24.2 Å². The molecule has 1 aliphatic rings. The van der Waals surface area contributed by atoms with Crippen LogP contribution >= 0.6 is 0 Å². The predicted molar refractivity (Wildman–Crippen MR) is 102 cm³/mol. The molecule has 0 aliphatic heterocycles. The predicted octanol–water partition coefficient (Wildman–Crippen LogP) is 3.30. The average Bonchev–Trinajstić information content (AvgIpc) is 3.06. The lowest BCUT2D eigenvalue weighted by Gasteiger charge is -2.11. The summed E-state index contributed by atoms with van der Waals surface area (Å²) in [4.78, 5) is 25.1. The Hall–Kier alpha value is -3.30. The number of aromatic nitrogens is 3. The highest BCUT2D eigenvalue weighted by Gasteiger charge is 2.31. The lowest BCUT2D eigenvalue weighted by Crippen LogP contribution is -2.25. The molecule has 3 aromatic rings. The van der Waals surface area contributed by atoms with Gasteiger partial charge in [-0.2, -0.15) is 5.10 Å². The van der Waals surface area contributed by atoms with Crippen LogP contribution < -0.4 is 15.6 Å². The Balaban J connectivity index is 1.44. The second-order valence-corrected chi connectivity index (χ2v) is 7.10. The van der Waals surface area contributed by atoms with Gasteiger partial charge in [0, 0.05) is 42.7 Å². The van der Waals surface area contributed by atoms with Crippen molar-refractivity contribution in [1.82, 2.24) is 14.2 Å². The fraction of sp³-hybridized carbons (Fsp3) is 0.350. The van der Waals surface area contributed by atoms with E-state index >= 15 is 0 Å². The van der Waals surface area contributed by atoms with E-state index in [-0.39, 0.29) is 24.2 Å². The SMILES string of the molecule is O=C(CCn1ccn2nc3c(c2c1=O)CCCC3)Nc1cccc(OC(F)(F)F)c1. The Morgan fingerprint density at radius 3 is 2.80 bits per heavy atom. The van der Waals surface area contributed by atoms with Crippen molar-refractivity contribution >= 4 is 17.1 Å². The smallest absolute Gasteiger partial charge is 0.406 e. The zero-order valence-corrected chi connectivity index (χ0v) is 15.9.